The van der Waals surface area contributed by atoms with E-state index in [4.69, 9.17) is 9.26 Å². The maximum atomic E-state index is 12.7. The third-order valence-electron chi connectivity index (χ3n) is 4.98. The van der Waals surface area contributed by atoms with Crippen LogP contribution in [0.25, 0.3) is 0 Å². The summed E-state index contributed by atoms with van der Waals surface area (Å²) in [5, 5.41) is 16.1. The molecule has 0 fully saturated rings. The number of carbonyl (C=O) groups is 2. The van der Waals surface area contributed by atoms with E-state index in [9.17, 15) is 14.7 Å². The van der Waals surface area contributed by atoms with Crippen LogP contribution in [-0.2, 0) is 24.1 Å². The molecular weight excluding hydrogens is 336 g/mol. The maximum absolute atomic E-state index is 12.7. The van der Waals surface area contributed by atoms with Crippen molar-refractivity contribution in [2.45, 2.75) is 44.6 Å². The summed E-state index contributed by atoms with van der Waals surface area (Å²) in [4.78, 5) is 24.4. The van der Waals surface area contributed by atoms with Gasteiger partial charge in [-0.3, -0.25) is 4.79 Å². The molecule has 4 rings (SSSR count). The molecule has 2 aromatic rings. The SMILES string of the molecule is O=C(NC(C(=O)O)c1ccc2c(c1)CCO2)c1noc2c1CCCCC2. The van der Waals surface area contributed by atoms with Crippen molar-refractivity contribution in [2.75, 3.05) is 6.61 Å². The van der Waals surface area contributed by atoms with E-state index in [0.717, 1.165) is 61.2 Å². The lowest BCUT2D eigenvalue weighted by Gasteiger charge is -2.15. The van der Waals surface area contributed by atoms with Gasteiger partial charge in [0.25, 0.3) is 5.91 Å². The lowest BCUT2D eigenvalue weighted by Crippen LogP contribution is -2.34. The van der Waals surface area contributed by atoms with Gasteiger partial charge in [-0.25, -0.2) is 4.79 Å². The lowest BCUT2D eigenvalue weighted by molar-refractivity contribution is -0.139. The Hall–Kier alpha value is -2.83. The number of aliphatic carboxylic acids is 1. The van der Waals surface area contributed by atoms with Crippen molar-refractivity contribution < 1.29 is 24.0 Å². The third kappa shape index (κ3) is 3.05. The molecule has 7 nitrogen and oxygen atoms in total. The molecule has 1 unspecified atom stereocenters. The predicted molar refractivity (Wildman–Crippen MR) is 91.2 cm³/mol. The summed E-state index contributed by atoms with van der Waals surface area (Å²) in [6, 6.07) is 4.06. The summed E-state index contributed by atoms with van der Waals surface area (Å²) in [5.74, 6) is -0.118. The molecule has 1 atom stereocenters. The zero-order valence-corrected chi connectivity index (χ0v) is 14.3. The van der Waals surface area contributed by atoms with Crippen LogP contribution in [0.1, 0.15) is 58.2 Å². The summed E-state index contributed by atoms with van der Waals surface area (Å²) < 4.78 is 10.8. The van der Waals surface area contributed by atoms with Crippen molar-refractivity contribution in [1.82, 2.24) is 10.5 Å². The summed E-state index contributed by atoms with van der Waals surface area (Å²) in [6.45, 7) is 0.591. The third-order valence-corrected chi connectivity index (χ3v) is 4.98. The van der Waals surface area contributed by atoms with Crippen molar-refractivity contribution >= 4 is 11.9 Å². The van der Waals surface area contributed by atoms with Crippen LogP contribution in [0, 0.1) is 0 Å². The highest BCUT2D eigenvalue weighted by molar-refractivity contribution is 5.96. The monoisotopic (exact) mass is 356 g/mol. The number of aromatic nitrogens is 1. The summed E-state index contributed by atoms with van der Waals surface area (Å²) in [7, 11) is 0. The predicted octanol–water partition coefficient (Wildman–Crippen LogP) is 2.43. The molecule has 0 radical (unpaired) electrons. The first-order valence-corrected chi connectivity index (χ1v) is 8.90. The highest BCUT2D eigenvalue weighted by Gasteiger charge is 2.29. The number of benzene rings is 1. The highest BCUT2D eigenvalue weighted by atomic mass is 16.5. The Morgan fingerprint density at radius 3 is 2.85 bits per heavy atom. The number of fused-ring (bicyclic) bond motifs is 2. The average Bonchev–Trinajstić information content (AvgIpc) is 3.19. The number of hydrogen-bond acceptors (Lipinski definition) is 5. The van der Waals surface area contributed by atoms with Crippen molar-refractivity contribution in [3.05, 3.63) is 46.3 Å². The van der Waals surface area contributed by atoms with E-state index in [-0.39, 0.29) is 5.69 Å². The first kappa shape index (κ1) is 16.6. The Labute approximate surface area is 150 Å². The van der Waals surface area contributed by atoms with Crippen molar-refractivity contribution in [3.63, 3.8) is 0 Å². The van der Waals surface area contributed by atoms with Gasteiger partial charge in [0.15, 0.2) is 11.7 Å². The molecule has 7 heteroatoms. The smallest absolute Gasteiger partial charge is 0.330 e. The number of rotatable bonds is 4. The zero-order valence-electron chi connectivity index (χ0n) is 14.3. The number of aryl methyl sites for hydroxylation is 1. The van der Waals surface area contributed by atoms with Crippen molar-refractivity contribution in [3.8, 4) is 5.75 Å². The van der Waals surface area contributed by atoms with Gasteiger partial charge in [-0.1, -0.05) is 17.6 Å². The van der Waals surface area contributed by atoms with E-state index < -0.39 is 17.9 Å². The highest BCUT2D eigenvalue weighted by Crippen LogP contribution is 2.29. The minimum atomic E-state index is -1.15. The van der Waals surface area contributed by atoms with E-state index >= 15 is 0 Å². The Balaban J connectivity index is 1.58. The molecule has 0 bridgehead atoms. The second-order valence-electron chi connectivity index (χ2n) is 6.70. The molecule has 1 amide bonds. The summed E-state index contributed by atoms with van der Waals surface area (Å²) in [6.07, 6.45) is 5.30. The van der Waals surface area contributed by atoms with Crippen LogP contribution in [0.15, 0.2) is 22.7 Å². The van der Waals surface area contributed by atoms with Gasteiger partial charge in [-0.05, 0) is 42.5 Å². The molecule has 1 aliphatic carbocycles. The molecule has 0 spiro atoms. The average molecular weight is 356 g/mol. The van der Waals surface area contributed by atoms with Crippen LogP contribution in [0.5, 0.6) is 5.75 Å². The molecule has 26 heavy (non-hydrogen) atoms. The van der Waals surface area contributed by atoms with Crippen LogP contribution in [0.3, 0.4) is 0 Å². The number of amides is 1. The van der Waals surface area contributed by atoms with E-state index in [1.165, 1.54) is 0 Å². The molecule has 2 aliphatic rings. The number of carboxylic acids is 1. The molecule has 136 valence electrons. The largest absolute Gasteiger partial charge is 0.493 e. The van der Waals surface area contributed by atoms with E-state index in [1.54, 1.807) is 18.2 Å². The quantitative estimate of drug-likeness (QED) is 0.816. The van der Waals surface area contributed by atoms with Gasteiger partial charge in [0.05, 0.1) is 6.61 Å². The Kier molecular flexibility index (Phi) is 4.36. The molecular formula is C19H20N2O5. The molecule has 2 N–H and O–H groups in total. The number of nitrogens with one attached hydrogen (secondary N) is 1. The topological polar surface area (TPSA) is 102 Å². The maximum Gasteiger partial charge on any atom is 0.330 e. The normalized spacial score (nSPS) is 16.8. The Morgan fingerprint density at radius 1 is 1.15 bits per heavy atom. The van der Waals surface area contributed by atoms with Gasteiger partial charge >= 0.3 is 5.97 Å². The van der Waals surface area contributed by atoms with Gasteiger partial charge in [-0.15, -0.1) is 0 Å². The number of ether oxygens (including phenoxy) is 1. The molecule has 0 saturated carbocycles. The zero-order chi connectivity index (χ0) is 18.1. The molecule has 2 heterocycles. The van der Waals surface area contributed by atoms with Gasteiger partial charge in [0.1, 0.15) is 11.5 Å². The Bertz CT molecular complexity index is 858. The van der Waals surface area contributed by atoms with Crippen LogP contribution >= 0.6 is 0 Å². The second kappa shape index (κ2) is 6.82. The van der Waals surface area contributed by atoms with Crippen LogP contribution < -0.4 is 10.1 Å². The fraction of sp³-hybridized carbons (Fsp3) is 0.421. The van der Waals surface area contributed by atoms with E-state index in [0.29, 0.717) is 12.2 Å². The van der Waals surface area contributed by atoms with Crippen molar-refractivity contribution in [1.29, 1.82) is 0 Å². The van der Waals surface area contributed by atoms with Crippen LogP contribution in [0.4, 0.5) is 0 Å². The first-order valence-electron chi connectivity index (χ1n) is 8.90. The first-order chi connectivity index (χ1) is 12.6. The van der Waals surface area contributed by atoms with Gasteiger partial charge in [-0.2, -0.15) is 0 Å². The molecule has 1 aromatic carbocycles. The fourth-order valence-corrected chi connectivity index (χ4v) is 3.61. The fourth-order valence-electron chi connectivity index (χ4n) is 3.61. The van der Waals surface area contributed by atoms with Gasteiger partial charge in [0.2, 0.25) is 0 Å². The molecule has 1 aromatic heterocycles. The number of nitrogens with zero attached hydrogens (tertiary/aromatic N) is 1. The van der Waals surface area contributed by atoms with Gasteiger partial charge < -0.3 is 19.7 Å². The lowest BCUT2D eigenvalue weighted by atomic mass is 10.0. The minimum absolute atomic E-state index is 0.206. The number of carbonyl (C=O) groups excluding carboxylic acids is 1. The van der Waals surface area contributed by atoms with Crippen LogP contribution in [0.2, 0.25) is 0 Å². The second-order valence-corrected chi connectivity index (χ2v) is 6.70. The number of hydrogen-bond donors (Lipinski definition) is 2. The molecule has 1 aliphatic heterocycles. The number of carboxylic acid groups (broad SMARTS) is 1. The van der Waals surface area contributed by atoms with Crippen molar-refractivity contribution in [2.24, 2.45) is 0 Å². The van der Waals surface area contributed by atoms with Gasteiger partial charge in [0, 0.05) is 18.4 Å². The molecule has 0 saturated heterocycles. The summed E-state index contributed by atoms with van der Waals surface area (Å²) >= 11 is 0. The standard InChI is InChI=1S/C19H20N2O5/c22-18(17-13-4-2-1-3-5-15(13)26-21-17)20-16(19(23)24)12-6-7-14-11(10-12)8-9-25-14/h6-7,10,16H,1-5,8-9H2,(H,20,22)(H,23,24). The minimum Gasteiger partial charge on any atom is -0.493 e. The summed E-state index contributed by atoms with van der Waals surface area (Å²) in [5.41, 5.74) is 2.49. The Morgan fingerprint density at radius 2 is 2.00 bits per heavy atom. The van der Waals surface area contributed by atoms with E-state index in [2.05, 4.69) is 10.5 Å². The van der Waals surface area contributed by atoms with E-state index in [1.807, 2.05) is 0 Å². The van der Waals surface area contributed by atoms with Crippen LogP contribution in [-0.4, -0.2) is 28.7 Å².